The number of hydrogen-bond acceptors (Lipinski definition) is 13. The van der Waals surface area contributed by atoms with E-state index in [0.29, 0.717) is 11.1 Å². The van der Waals surface area contributed by atoms with Crippen LogP contribution in [0.2, 0.25) is 0 Å². The van der Waals surface area contributed by atoms with Crippen molar-refractivity contribution in [2.75, 3.05) is 0 Å². The van der Waals surface area contributed by atoms with Crippen LogP contribution >= 0.6 is 0 Å². The second-order valence-corrected chi connectivity index (χ2v) is 17.2. The second kappa shape index (κ2) is 17.8. The summed E-state index contributed by atoms with van der Waals surface area (Å²) in [5.74, 6) is -5.07. The van der Waals surface area contributed by atoms with Crippen molar-refractivity contribution >= 4 is 29.7 Å². The molecule has 4 rings (SSSR count). The van der Waals surface area contributed by atoms with E-state index in [0.717, 1.165) is 6.07 Å². The van der Waals surface area contributed by atoms with E-state index in [1.54, 1.807) is 144 Å². The molecule has 0 unspecified atom stereocenters. The summed E-state index contributed by atoms with van der Waals surface area (Å²) in [4.78, 5) is 113. The van der Waals surface area contributed by atoms with Gasteiger partial charge in [0.2, 0.25) is 0 Å². The number of ketones is 1. The lowest BCUT2D eigenvalue weighted by atomic mass is 9.82. The van der Waals surface area contributed by atoms with Crippen LogP contribution in [0.5, 0.6) is 0 Å². The smallest absolute Gasteiger partial charge is 0.292 e. The van der Waals surface area contributed by atoms with Gasteiger partial charge in [-0.2, -0.15) is 19.6 Å². The summed E-state index contributed by atoms with van der Waals surface area (Å²) in [6.07, 6.45) is 0. The standard InChI is InChI=1S/C45H50O13/c1-42(2,3)55-51-38(47)30-24-23-29(25-32(30)39(48)52-56-43(4,5)6)37(46)33-26-31(27-19-15-13-16-20-27)35(40(49)53-57-44(7,8)9)36(41(50)54-58-45(10,11)12)34(33)28-21-17-14-18-22-28/h13-26H,1-12H3. The van der Waals surface area contributed by atoms with E-state index < -0.39 is 52.1 Å². The lowest BCUT2D eigenvalue weighted by Gasteiger charge is -2.23. The third-order valence-electron chi connectivity index (χ3n) is 7.32. The van der Waals surface area contributed by atoms with Gasteiger partial charge in [0.25, 0.3) is 0 Å². The predicted molar refractivity (Wildman–Crippen MR) is 212 cm³/mol. The van der Waals surface area contributed by atoms with Crippen LogP contribution in [-0.2, 0) is 39.1 Å². The highest BCUT2D eigenvalue weighted by atomic mass is 17.2. The Morgan fingerprint density at radius 2 is 0.793 bits per heavy atom. The normalized spacial score (nSPS) is 12.1. The summed E-state index contributed by atoms with van der Waals surface area (Å²) in [6, 6.07) is 22.0. The first kappa shape index (κ1) is 45.0. The molecule has 13 nitrogen and oxygen atoms in total. The van der Waals surface area contributed by atoms with Crippen LogP contribution < -0.4 is 0 Å². The van der Waals surface area contributed by atoms with Gasteiger partial charge >= 0.3 is 23.9 Å². The van der Waals surface area contributed by atoms with Crippen molar-refractivity contribution in [3.8, 4) is 22.3 Å². The van der Waals surface area contributed by atoms with Gasteiger partial charge in [-0.1, -0.05) is 66.7 Å². The van der Waals surface area contributed by atoms with E-state index in [1.165, 1.54) is 18.2 Å². The van der Waals surface area contributed by atoms with Crippen LogP contribution in [0.4, 0.5) is 0 Å². The van der Waals surface area contributed by atoms with Crippen molar-refractivity contribution in [3.05, 3.63) is 118 Å². The fraction of sp³-hybridized carbons (Fsp3) is 0.356. The molecule has 0 aromatic heterocycles. The van der Waals surface area contributed by atoms with E-state index >= 15 is 4.79 Å². The molecular weight excluding hydrogens is 748 g/mol. The number of hydrogen-bond donors (Lipinski definition) is 0. The van der Waals surface area contributed by atoms with E-state index in [9.17, 15) is 19.2 Å². The molecule has 0 N–H and O–H groups in total. The minimum Gasteiger partial charge on any atom is -0.292 e. The number of rotatable bonds is 12. The monoisotopic (exact) mass is 798 g/mol. The Bertz CT molecular complexity index is 2150. The molecule has 58 heavy (non-hydrogen) atoms. The van der Waals surface area contributed by atoms with Gasteiger partial charge in [-0.3, -0.25) is 24.3 Å². The van der Waals surface area contributed by atoms with Gasteiger partial charge in [0.15, 0.2) is 5.78 Å². The highest BCUT2D eigenvalue weighted by Crippen LogP contribution is 2.40. The maximum atomic E-state index is 15.0. The molecule has 0 fully saturated rings. The molecule has 0 radical (unpaired) electrons. The van der Waals surface area contributed by atoms with Crippen molar-refractivity contribution < 1.29 is 63.1 Å². The molecule has 0 saturated heterocycles. The van der Waals surface area contributed by atoms with Gasteiger partial charge in [-0.15, -0.1) is 0 Å². The van der Waals surface area contributed by atoms with Crippen LogP contribution in [0.15, 0.2) is 84.9 Å². The topological polar surface area (TPSA) is 159 Å². The molecule has 0 aliphatic heterocycles. The van der Waals surface area contributed by atoms with Crippen molar-refractivity contribution in [2.24, 2.45) is 0 Å². The highest BCUT2D eigenvalue weighted by molar-refractivity contribution is 6.21. The van der Waals surface area contributed by atoms with E-state index in [-0.39, 0.29) is 44.5 Å². The summed E-state index contributed by atoms with van der Waals surface area (Å²) in [5, 5.41) is 0. The summed E-state index contributed by atoms with van der Waals surface area (Å²) >= 11 is 0. The molecule has 0 atom stereocenters. The minimum absolute atomic E-state index is 0.0299. The highest BCUT2D eigenvalue weighted by Gasteiger charge is 2.36. The van der Waals surface area contributed by atoms with Gasteiger partial charge in [-0.05, 0) is 118 Å². The fourth-order valence-electron chi connectivity index (χ4n) is 5.04. The second-order valence-electron chi connectivity index (χ2n) is 17.2. The third-order valence-corrected chi connectivity index (χ3v) is 7.32. The zero-order valence-corrected chi connectivity index (χ0v) is 34.9. The van der Waals surface area contributed by atoms with Crippen molar-refractivity contribution in [2.45, 2.75) is 105 Å². The van der Waals surface area contributed by atoms with Gasteiger partial charge in [0.05, 0.1) is 22.3 Å². The van der Waals surface area contributed by atoms with Crippen LogP contribution in [0, 0.1) is 0 Å². The third kappa shape index (κ3) is 12.4. The fourth-order valence-corrected chi connectivity index (χ4v) is 5.04. The van der Waals surface area contributed by atoms with Crippen LogP contribution in [0.25, 0.3) is 22.3 Å². The Labute approximate surface area is 338 Å². The average Bonchev–Trinajstić information content (AvgIpc) is 3.15. The van der Waals surface area contributed by atoms with Gasteiger partial charge < -0.3 is 0 Å². The predicted octanol–water partition coefficient (Wildman–Crippen LogP) is 9.80. The summed E-state index contributed by atoms with van der Waals surface area (Å²) < 4.78 is 0. The Hall–Kier alpha value is -5.73. The lowest BCUT2D eigenvalue weighted by Crippen LogP contribution is -2.26. The molecule has 13 heteroatoms. The van der Waals surface area contributed by atoms with Gasteiger partial charge in [0.1, 0.15) is 22.4 Å². The number of carbonyl (C=O) groups is 5. The maximum Gasteiger partial charge on any atom is 0.374 e. The Balaban J connectivity index is 2.09. The van der Waals surface area contributed by atoms with Crippen LogP contribution in [-0.4, -0.2) is 52.1 Å². The molecule has 4 aromatic rings. The SMILES string of the molecule is CC(C)(C)OOC(=O)c1ccc(C(=O)c2cc(-c3ccccc3)c(C(=O)OOC(C)(C)C)c(C(=O)OOC(C)(C)C)c2-c2ccccc2)cc1C(=O)OOC(C)(C)C. The molecule has 0 aliphatic carbocycles. The molecule has 0 amide bonds. The van der Waals surface area contributed by atoms with Gasteiger partial charge in [-0.25, -0.2) is 19.2 Å². The summed E-state index contributed by atoms with van der Waals surface area (Å²) in [5.41, 5.74) is -4.47. The van der Waals surface area contributed by atoms with E-state index in [4.69, 9.17) is 39.1 Å². The van der Waals surface area contributed by atoms with Crippen molar-refractivity contribution in [1.82, 2.24) is 0 Å². The van der Waals surface area contributed by atoms with E-state index in [2.05, 4.69) is 0 Å². The Morgan fingerprint density at radius 1 is 0.397 bits per heavy atom. The first-order valence-electron chi connectivity index (χ1n) is 18.5. The maximum absolute atomic E-state index is 15.0. The molecule has 0 aliphatic rings. The molecule has 0 saturated carbocycles. The van der Waals surface area contributed by atoms with Crippen molar-refractivity contribution in [1.29, 1.82) is 0 Å². The first-order chi connectivity index (χ1) is 26.8. The lowest BCUT2D eigenvalue weighted by molar-refractivity contribution is -0.302. The summed E-state index contributed by atoms with van der Waals surface area (Å²) in [7, 11) is 0. The minimum atomic E-state index is -1.12. The average molecular weight is 799 g/mol. The first-order valence-corrected chi connectivity index (χ1v) is 18.5. The van der Waals surface area contributed by atoms with Crippen LogP contribution in [0.1, 0.15) is 140 Å². The molecule has 0 spiro atoms. The van der Waals surface area contributed by atoms with Gasteiger partial charge in [0, 0.05) is 16.7 Å². The quantitative estimate of drug-likeness (QED) is 0.0758. The molecule has 0 heterocycles. The molecule has 0 bridgehead atoms. The Kier molecular flexibility index (Phi) is 13.8. The number of carbonyl (C=O) groups excluding carboxylic acids is 5. The molecule has 4 aromatic carbocycles. The Morgan fingerprint density at radius 3 is 1.24 bits per heavy atom. The van der Waals surface area contributed by atoms with E-state index in [1.807, 2.05) is 0 Å². The van der Waals surface area contributed by atoms with Crippen molar-refractivity contribution in [3.63, 3.8) is 0 Å². The number of benzene rings is 4. The molecular formula is C45H50O13. The van der Waals surface area contributed by atoms with Crippen LogP contribution in [0.3, 0.4) is 0 Å². The zero-order valence-electron chi connectivity index (χ0n) is 34.9. The molecule has 308 valence electrons. The summed E-state index contributed by atoms with van der Waals surface area (Å²) in [6.45, 7) is 19.9. The largest absolute Gasteiger partial charge is 0.374 e. The zero-order chi connectivity index (χ0) is 43.2.